The molecule has 5 rings (SSSR count). The molecule has 0 aliphatic rings. The molecule has 0 aliphatic heterocycles. The van der Waals surface area contributed by atoms with Crippen molar-refractivity contribution in [3.05, 3.63) is 88.3 Å². The number of carbonyl (C=O) groups is 2. The monoisotopic (exact) mass is 547 g/mol. The summed E-state index contributed by atoms with van der Waals surface area (Å²) in [5.41, 5.74) is 3.47. The van der Waals surface area contributed by atoms with E-state index in [0.717, 1.165) is 9.86 Å². The second kappa shape index (κ2) is 9.70. The first-order chi connectivity index (χ1) is 17.4. The number of benzene rings is 3. The molecule has 180 valence electrons. The van der Waals surface area contributed by atoms with E-state index in [1.807, 2.05) is 6.07 Å². The predicted octanol–water partition coefficient (Wildman–Crippen LogP) is 4.69. The Bertz CT molecular complexity index is 1580. The van der Waals surface area contributed by atoms with Gasteiger partial charge < -0.3 is 15.2 Å². The number of H-pyrrole nitrogens is 1. The highest BCUT2D eigenvalue weighted by atomic mass is 79.9. The maximum absolute atomic E-state index is 13.3. The van der Waals surface area contributed by atoms with Crippen LogP contribution in [0.5, 0.6) is 0 Å². The van der Waals surface area contributed by atoms with Crippen LogP contribution < -0.4 is 10.6 Å². The van der Waals surface area contributed by atoms with Gasteiger partial charge in [0.05, 0.1) is 23.3 Å². The molecule has 0 unspecified atom stereocenters. The molecule has 0 bridgehead atoms. The summed E-state index contributed by atoms with van der Waals surface area (Å²) in [5, 5.41) is 20.6. The summed E-state index contributed by atoms with van der Waals surface area (Å²) in [6.07, 6.45) is 0.0941. The van der Waals surface area contributed by atoms with E-state index < -0.39 is 0 Å². The molecule has 3 aromatic carbocycles. The lowest BCUT2D eigenvalue weighted by atomic mass is 10.1. The summed E-state index contributed by atoms with van der Waals surface area (Å²) in [6, 6.07) is 18.3. The second-order valence-corrected chi connectivity index (χ2v) is 8.98. The largest absolute Gasteiger partial charge is 0.338 e. The average Bonchev–Trinajstić information content (AvgIpc) is 3.51. The molecule has 3 N–H and O–H groups in total. The van der Waals surface area contributed by atoms with Crippen LogP contribution >= 0.6 is 15.9 Å². The van der Waals surface area contributed by atoms with Gasteiger partial charge in [0.25, 0.3) is 5.91 Å². The molecule has 2 aromatic heterocycles. The fourth-order valence-electron chi connectivity index (χ4n) is 3.99. The third-order valence-electron chi connectivity index (χ3n) is 5.66. The van der Waals surface area contributed by atoms with Crippen molar-refractivity contribution in [2.75, 3.05) is 10.6 Å². The number of aryl methyl sites for hydroxylation is 1. The van der Waals surface area contributed by atoms with Crippen molar-refractivity contribution < 1.29 is 14.0 Å². The van der Waals surface area contributed by atoms with Crippen LogP contribution in [0, 0.1) is 5.82 Å². The number of nitrogens with one attached hydrogen (secondary N) is 3. The molecule has 0 spiro atoms. The Morgan fingerprint density at radius 3 is 2.58 bits per heavy atom. The van der Waals surface area contributed by atoms with Gasteiger partial charge in [-0.3, -0.25) is 9.59 Å². The van der Waals surface area contributed by atoms with Crippen molar-refractivity contribution in [3.63, 3.8) is 0 Å². The van der Waals surface area contributed by atoms with Crippen LogP contribution in [-0.4, -0.2) is 37.0 Å². The first-order valence-electron chi connectivity index (χ1n) is 10.9. The smallest absolute Gasteiger partial charge is 0.272 e. The van der Waals surface area contributed by atoms with Gasteiger partial charge in [0.1, 0.15) is 11.5 Å². The Hall–Kier alpha value is -4.38. The van der Waals surface area contributed by atoms with Crippen LogP contribution in [0.25, 0.3) is 22.3 Å². The molecular formula is C25H19BrFN7O2. The molecule has 0 saturated carbocycles. The Kier molecular flexibility index (Phi) is 6.30. The first kappa shape index (κ1) is 23.4. The summed E-state index contributed by atoms with van der Waals surface area (Å²) < 4.78 is 15.7. The molecule has 36 heavy (non-hydrogen) atoms. The molecule has 0 atom stereocenters. The first-order valence-corrected chi connectivity index (χ1v) is 11.7. The molecule has 0 aliphatic carbocycles. The maximum Gasteiger partial charge on any atom is 0.272 e. The normalized spacial score (nSPS) is 11.0. The van der Waals surface area contributed by atoms with Crippen LogP contribution in [0.1, 0.15) is 16.1 Å². The zero-order valence-electron chi connectivity index (χ0n) is 18.9. The number of carbonyl (C=O) groups excluding carboxylic acids is 2. The van der Waals surface area contributed by atoms with E-state index in [1.165, 1.54) is 12.1 Å². The van der Waals surface area contributed by atoms with Gasteiger partial charge in [0.15, 0.2) is 0 Å². The van der Waals surface area contributed by atoms with Gasteiger partial charge in [0.2, 0.25) is 11.7 Å². The summed E-state index contributed by atoms with van der Waals surface area (Å²) in [7, 11) is 1.76. The predicted molar refractivity (Wildman–Crippen MR) is 137 cm³/mol. The highest BCUT2D eigenvalue weighted by molar-refractivity contribution is 9.10. The number of tetrazole rings is 1. The number of hydrogen-bond acceptors (Lipinski definition) is 5. The Morgan fingerprint density at radius 1 is 1.03 bits per heavy atom. The summed E-state index contributed by atoms with van der Waals surface area (Å²) >= 11 is 3.43. The minimum Gasteiger partial charge on any atom is -0.338 e. The van der Waals surface area contributed by atoms with Gasteiger partial charge in [-0.15, -0.1) is 10.2 Å². The van der Waals surface area contributed by atoms with Crippen LogP contribution in [0.15, 0.2) is 71.2 Å². The van der Waals surface area contributed by atoms with Gasteiger partial charge in [-0.05, 0) is 53.2 Å². The zero-order valence-corrected chi connectivity index (χ0v) is 20.5. The topological polar surface area (TPSA) is 118 Å². The van der Waals surface area contributed by atoms with Crippen molar-refractivity contribution >= 4 is 50.0 Å². The molecule has 9 nitrogen and oxygen atoms in total. The third-order valence-corrected chi connectivity index (χ3v) is 6.15. The number of aromatic nitrogens is 5. The van der Waals surface area contributed by atoms with E-state index in [2.05, 4.69) is 47.2 Å². The van der Waals surface area contributed by atoms with Gasteiger partial charge in [-0.25, -0.2) is 4.39 Å². The number of halogens is 2. The number of hydrogen-bond donors (Lipinski definition) is 3. The Labute approximate surface area is 212 Å². The summed E-state index contributed by atoms with van der Waals surface area (Å²) in [6.45, 7) is 0. The number of aromatic amines is 1. The van der Waals surface area contributed by atoms with Crippen LogP contribution in [0.2, 0.25) is 0 Å². The van der Waals surface area contributed by atoms with Crippen molar-refractivity contribution in [1.82, 2.24) is 25.2 Å². The van der Waals surface area contributed by atoms with E-state index in [4.69, 9.17) is 0 Å². The van der Waals surface area contributed by atoms with E-state index in [0.29, 0.717) is 39.5 Å². The van der Waals surface area contributed by atoms with Crippen LogP contribution in [-0.2, 0) is 18.3 Å². The molecular weight excluding hydrogens is 529 g/mol. The standard InChI is InChI=1S/C25H19BrFN7O2/c1-34-21(25(36)29-19-10-7-16(26)13-18(19)24-30-32-33-31-24)12-15-3-2-4-20(23(15)34)28-22(35)11-14-5-8-17(27)9-6-14/h2-10,12-13H,11H2,1H3,(H,28,35)(H,29,36)(H,30,31,32,33). The summed E-state index contributed by atoms with van der Waals surface area (Å²) in [4.78, 5) is 26.0. The van der Waals surface area contributed by atoms with Crippen molar-refractivity contribution in [3.8, 4) is 11.4 Å². The van der Waals surface area contributed by atoms with Crippen molar-refractivity contribution in [2.24, 2.45) is 7.05 Å². The number of para-hydroxylation sites is 1. The van der Waals surface area contributed by atoms with Gasteiger partial charge in [0, 0.05) is 22.5 Å². The average molecular weight is 548 g/mol. The Balaban J connectivity index is 1.41. The molecule has 0 radical (unpaired) electrons. The third kappa shape index (κ3) is 4.73. The number of anilines is 2. The number of nitrogens with zero attached hydrogens (tertiary/aromatic N) is 4. The lowest BCUT2D eigenvalue weighted by Crippen LogP contribution is -2.17. The highest BCUT2D eigenvalue weighted by Crippen LogP contribution is 2.30. The number of rotatable bonds is 6. The van der Waals surface area contributed by atoms with Gasteiger partial charge in [-0.1, -0.05) is 40.2 Å². The van der Waals surface area contributed by atoms with Crippen molar-refractivity contribution in [2.45, 2.75) is 6.42 Å². The lowest BCUT2D eigenvalue weighted by molar-refractivity contribution is -0.115. The van der Waals surface area contributed by atoms with E-state index >= 15 is 0 Å². The van der Waals surface area contributed by atoms with Crippen LogP contribution in [0.4, 0.5) is 15.8 Å². The minimum absolute atomic E-state index is 0.0941. The molecule has 2 amide bonds. The van der Waals surface area contributed by atoms with Gasteiger partial charge >= 0.3 is 0 Å². The van der Waals surface area contributed by atoms with E-state index in [-0.39, 0.29) is 24.1 Å². The van der Waals surface area contributed by atoms with E-state index in [1.54, 1.807) is 60.1 Å². The second-order valence-electron chi connectivity index (χ2n) is 8.06. The zero-order chi connectivity index (χ0) is 25.2. The van der Waals surface area contributed by atoms with Gasteiger partial charge in [-0.2, -0.15) is 5.21 Å². The fraction of sp³-hybridized carbons (Fsp3) is 0.0800. The molecule has 2 heterocycles. The molecule has 0 saturated heterocycles. The lowest BCUT2D eigenvalue weighted by Gasteiger charge is -2.12. The van der Waals surface area contributed by atoms with Crippen molar-refractivity contribution in [1.29, 1.82) is 0 Å². The quantitative estimate of drug-likeness (QED) is 0.285. The number of amides is 2. The SMILES string of the molecule is Cn1c(C(=O)Nc2ccc(Br)cc2-c2nn[nH]n2)cc2cccc(NC(=O)Cc3ccc(F)cc3)c21. The van der Waals surface area contributed by atoms with Crippen LogP contribution in [0.3, 0.4) is 0 Å². The number of fused-ring (bicyclic) bond motifs is 1. The molecule has 5 aromatic rings. The minimum atomic E-state index is -0.355. The summed E-state index contributed by atoms with van der Waals surface area (Å²) in [5.74, 6) is -0.605. The maximum atomic E-state index is 13.3. The Morgan fingerprint density at radius 2 is 1.83 bits per heavy atom. The van der Waals surface area contributed by atoms with E-state index in [9.17, 15) is 14.0 Å². The molecule has 0 fully saturated rings. The fourth-order valence-corrected chi connectivity index (χ4v) is 4.35. The highest BCUT2D eigenvalue weighted by Gasteiger charge is 2.19. The molecule has 11 heteroatoms.